The first kappa shape index (κ1) is 16.2. The van der Waals surface area contributed by atoms with E-state index in [0.29, 0.717) is 4.83 Å². The fraction of sp³-hybridized carbons (Fsp3) is 0.750. The minimum Gasteiger partial charge on any atom is -0.152 e. The topological polar surface area (TPSA) is 0 Å². The maximum absolute atomic E-state index is 3.78. The van der Waals surface area contributed by atoms with Crippen molar-refractivity contribution in [1.29, 1.82) is 0 Å². The third-order valence-corrected chi connectivity index (χ3v) is 5.15. The molecule has 0 spiro atoms. The predicted molar refractivity (Wildman–Crippen MR) is 87.8 cm³/mol. The van der Waals surface area contributed by atoms with Crippen LogP contribution in [0.15, 0.2) is 16.8 Å². The third-order valence-electron chi connectivity index (χ3n) is 3.47. The lowest BCUT2D eigenvalue weighted by Gasteiger charge is -2.07. The molecular weight excluding hydrogens is 304 g/mol. The van der Waals surface area contributed by atoms with Crippen LogP contribution in [0.4, 0.5) is 0 Å². The molecule has 0 bridgehead atoms. The second kappa shape index (κ2) is 11.0. The van der Waals surface area contributed by atoms with Crippen LogP contribution in [0, 0.1) is 0 Å². The molecule has 1 unspecified atom stereocenters. The number of rotatable bonds is 11. The van der Waals surface area contributed by atoms with Gasteiger partial charge in [0.15, 0.2) is 0 Å². The zero-order valence-corrected chi connectivity index (χ0v) is 14.1. The highest BCUT2D eigenvalue weighted by atomic mass is 79.9. The standard InChI is InChI=1S/C16H27BrS/c1-2-3-4-5-6-7-8-9-10-11-16(17)15-12-13-18-14-15/h12-14,16H,2-11H2,1H3. The van der Waals surface area contributed by atoms with Crippen molar-refractivity contribution >= 4 is 27.3 Å². The summed E-state index contributed by atoms with van der Waals surface area (Å²) in [5.74, 6) is 0. The lowest BCUT2D eigenvalue weighted by atomic mass is 10.0. The van der Waals surface area contributed by atoms with Crippen LogP contribution in [-0.2, 0) is 0 Å². The zero-order chi connectivity index (χ0) is 13.1. The molecule has 0 N–H and O–H groups in total. The molecule has 104 valence electrons. The summed E-state index contributed by atoms with van der Waals surface area (Å²) in [4.78, 5) is 0.577. The molecule has 1 aromatic rings. The fourth-order valence-electron chi connectivity index (χ4n) is 2.25. The first-order valence-electron chi connectivity index (χ1n) is 7.50. The SMILES string of the molecule is CCCCCCCCCCCC(Br)c1ccsc1. The highest BCUT2D eigenvalue weighted by Gasteiger charge is 2.06. The van der Waals surface area contributed by atoms with E-state index in [-0.39, 0.29) is 0 Å². The molecule has 1 heterocycles. The number of alkyl halides is 1. The van der Waals surface area contributed by atoms with Gasteiger partial charge in [-0.2, -0.15) is 11.3 Å². The van der Waals surface area contributed by atoms with Crippen molar-refractivity contribution in [2.45, 2.75) is 76.0 Å². The molecule has 0 aliphatic rings. The van der Waals surface area contributed by atoms with E-state index >= 15 is 0 Å². The maximum atomic E-state index is 3.78. The Labute approximate surface area is 125 Å². The minimum atomic E-state index is 0.577. The van der Waals surface area contributed by atoms with E-state index in [1.807, 2.05) is 0 Å². The Morgan fingerprint density at radius 1 is 1.00 bits per heavy atom. The van der Waals surface area contributed by atoms with Gasteiger partial charge in [-0.1, -0.05) is 80.6 Å². The Morgan fingerprint density at radius 2 is 1.61 bits per heavy atom. The molecule has 1 aromatic heterocycles. The number of hydrogen-bond acceptors (Lipinski definition) is 1. The van der Waals surface area contributed by atoms with Gasteiger partial charge >= 0.3 is 0 Å². The van der Waals surface area contributed by atoms with Gasteiger partial charge in [-0.05, 0) is 28.8 Å². The fourth-order valence-corrected chi connectivity index (χ4v) is 3.75. The van der Waals surface area contributed by atoms with Crippen LogP contribution in [0.3, 0.4) is 0 Å². The summed E-state index contributed by atoms with van der Waals surface area (Å²) in [6, 6.07) is 2.23. The minimum absolute atomic E-state index is 0.577. The summed E-state index contributed by atoms with van der Waals surface area (Å²) in [6.07, 6.45) is 14.0. The van der Waals surface area contributed by atoms with Gasteiger partial charge in [0, 0.05) is 4.83 Å². The van der Waals surface area contributed by atoms with E-state index < -0.39 is 0 Å². The molecule has 1 rings (SSSR count). The Balaban J connectivity index is 1.87. The Hall–Kier alpha value is 0.180. The van der Waals surface area contributed by atoms with E-state index in [9.17, 15) is 0 Å². The normalized spacial score (nSPS) is 12.8. The van der Waals surface area contributed by atoms with Crippen LogP contribution in [0.2, 0.25) is 0 Å². The molecular formula is C16H27BrS. The molecule has 0 saturated carbocycles. The Kier molecular flexibility index (Phi) is 9.96. The molecule has 0 fully saturated rings. The number of halogens is 1. The summed E-state index contributed by atoms with van der Waals surface area (Å²) in [7, 11) is 0. The molecule has 1 atom stereocenters. The number of hydrogen-bond donors (Lipinski definition) is 0. The molecule has 0 saturated heterocycles. The summed E-state index contributed by atoms with van der Waals surface area (Å²) >= 11 is 5.58. The summed E-state index contributed by atoms with van der Waals surface area (Å²) in [5, 5.41) is 4.42. The Morgan fingerprint density at radius 3 is 2.17 bits per heavy atom. The van der Waals surface area contributed by atoms with Crippen LogP contribution in [0.5, 0.6) is 0 Å². The van der Waals surface area contributed by atoms with Crippen molar-refractivity contribution in [2.75, 3.05) is 0 Å². The van der Waals surface area contributed by atoms with Crippen LogP contribution in [0.25, 0.3) is 0 Å². The van der Waals surface area contributed by atoms with Gasteiger partial charge < -0.3 is 0 Å². The van der Waals surface area contributed by atoms with Crippen LogP contribution in [-0.4, -0.2) is 0 Å². The predicted octanol–water partition coefficient (Wildman–Crippen LogP) is 7.11. The van der Waals surface area contributed by atoms with E-state index in [4.69, 9.17) is 0 Å². The average molecular weight is 331 g/mol. The molecule has 0 amide bonds. The zero-order valence-electron chi connectivity index (χ0n) is 11.7. The molecule has 0 aliphatic heterocycles. The molecule has 2 heteroatoms. The highest BCUT2D eigenvalue weighted by molar-refractivity contribution is 9.09. The summed E-state index contributed by atoms with van der Waals surface area (Å²) in [6.45, 7) is 2.28. The van der Waals surface area contributed by atoms with Crippen molar-refractivity contribution in [3.05, 3.63) is 22.4 Å². The average Bonchev–Trinajstić information content (AvgIpc) is 2.90. The lowest BCUT2D eigenvalue weighted by molar-refractivity contribution is 0.556. The highest BCUT2D eigenvalue weighted by Crippen LogP contribution is 2.30. The van der Waals surface area contributed by atoms with Gasteiger partial charge in [0.2, 0.25) is 0 Å². The van der Waals surface area contributed by atoms with E-state index in [1.54, 1.807) is 11.3 Å². The lowest BCUT2D eigenvalue weighted by Crippen LogP contribution is -1.88. The second-order valence-corrected chi connectivity index (χ2v) is 7.03. The van der Waals surface area contributed by atoms with Gasteiger partial charge in [-0.3, -0.25) is 0 Å². The largest absolute Gasteiger partial charge is 0.152 e. The second-order valence-electron chi connectivity index (χ2n) is 5.14. The van der Waals surface area contributed by atoms with Gasteiger partial charge in [0.1, 0.15) is 0 Å². The Bertz CT molecular complexity index is 269. The van der Waals surface area contributed by atoms with Gasteiger partial charge in [0.25, 0.3) is 0 Å². The number of thiophene rings is 1. The maximum Gasteiger partial charge on any atom is 0.0403 e. The summed E-state index contributed by atoms with van der Waals surface area (Å²) < 4.78 is 0. The third kappa shape index (κ3) is 7.58. The molecule has 0 radical (unpaired) electrons. The van der Waals surface area contributed by atoms with E-state index in [0.717, 1.165) is 0 Å². The van der Waals surface area contributed by atoms with Gasteiger partial charge in [-0.25, -0.2) is 0 Å². The first-order chi connectivity index (χ1) is 8.84. The van der Waals surface area contributed by atoms with Crippen molar-refractivity contribution in [3.63, 3.8) is 0 Å². The number of unbranched alkanes of at least 4 members (excludes halogenated alkanes) is 8. The van der Waals surface area contributed by atoms with Crippen molar-refractivity contribution in [2.24, 2.45) is 0 Å². The van der Waals surface area contributed by atoms with Gasteiger partial charge in [0.05, 0.1) is 0 Å². The van der Waals surface area contributed by atoms with Crippen molar-refractivity contribution in [3.8, 4) is 0 Å². The summed E-state index contributed by atoms with van der Waals surface area (Å²) in [5.41, 5.74) is 1.46. The monoisotopic (exact) mass is 330 g/mol. The van der Waals surface area contributed by atoms with Crippen LogP contribution >= 0.6 is 27.3 Å². The van der Waals surface area contributed by atoms with Crippen LogP contribution < -0.4 is 0 Å². The van der Waals surface area contributed by atoms with Gasteiger partial charge in [-0.15, -0.1) is 0 Å². The van der Waals surface area contributed by atoms with E-state index in [1.165, 1.54) is 69.8 Å². The van der Waals surface area contributed by atoms with Crippen molar-refractivity contribution in [1.82, 2.24) is 0 Å². The first-order valence-corrected chi connectivity index (χ1v) is 9.36. The molecule has 18 heavy (non-hydrogen) atoms. The smallest absolute Gasteiger partial charge is 0.0403 e. The van der Waals surface area contributed by atoms with Crippen molar-refractivity contribution < 1.29 is 0 Å². The molecule has 0 aliphatic carbocycles. The molecule has 0 nitrogen and oxygen atoms in total. The van der Waals surface area contributed by atoms with E-state index in [2.05, 4.69) is 39.7 Å². The quantitative estimate of drug-likeness (QED) is 0.299. The van der Waals surface area contributed by atoms with Crippen LogP contribution in [0.1, 0.15) is 81.5 Å². The molecule has 0 aromatic carbocycles.